The number of rotatable bonds is 4. The van der Waals surface area contributed by atoms with Crippen LogP contribution in [0, 0.1) is 6.92 Å². The van der Waals surface area contributed by atoms with Crippen LogP contribution in [-0.4, -0.2) is 15.3 Å². The molecule has 29 heavy (non-hydrogen) atoms. The Morgan fingerprint density at radius 1 is 1.14 bits per heavy atom. The number of hydrogen-bond donors (Lipinski definition) is 1. The first-order valence-electron chi connectivity index (χ1n) is 10.2. The lowest BCUT2D eigenvalue weighted by molar-refractivity contribution is -0.0455. The fourth-order valence-corrected chi connectivity index (χ4v) is 4.54. The van der Waals surface area contributed by atoms with E-state index in [4.69, 9.17) is 0 Å². The van der Waals surface area contributed by atoms with Crippen molar-refractivity contribution in [3.05, 3.63) is 63.9 Å². The molecule has 4 rings (SSSR count). The zero-order valence-corrected chi connectivity index (χ0v) is 17.1. The van der Waals surface area contributed by atoms with E-state index in [0.717, 1.165) is 22.3 Å². The first-order valence-corrected chi connectivity index (χ1v) is 10.2. The Kier molecular flexibility index (Phi) is 4.97. The molecule has 1 unspecified atom stereocenters. The molecule has 0 bridgehead atoms. The highest BCUT2D eigenvalue weighted by molar-refractivity contribution is 5.84. The number of aryl methyl sites for hydroxylation is 1. The van der Waals surface area contributed by atoms with Gasteiger partial charge in [-0.25, -0.2) is 8.78 Å². The minimum Gasteiger partial charge on any atom is -0.378 e. The molecule has 1 saturated carbocycles. The monoisotopic (exact) mass is 399 g/mol. The Labute approximate surface area is 169 Å². The molecule has 2 aromatic carbocycles. The Morgan fingerprint density at radius 3 is 2.45 bits per heavy atom. The van der Waals surface area contributed by atoms with Crippen LogP contribution < -0.4 is 10.9 Å². The molecule has 154 valence electrons. The summed E-state index contributed by atoms with van der Waals surface area (Å²) in [4.78, 5) is 13.0. The smallest absolute Gasteiger partial charge is 0.274 e. The van der Waals surface area contributed by atoms with E-state index in [0.29, 0.717) is 18.2 Å². The van der Waals surface area contributed by atoms with Crippen LogP contribution in [0.3, 0.4) is 0 Å². The normalized spacial score (nSPS) is 18.1. The fraction of sp³-hybridized carbons (Fsp3) is 0.435. The highest BCUT2D eigenvalue weighted by Crippen LogP contribution is 2.40. The van der Waals surface area contributed by atoms with Gasteiger partial charge in [0.15, 0.2) is 0 Å². The maximum absolute atomic E-state index is 13.7. The fourth-order valence-electron chi connectivity index (χ4n) is 4.54. The van der Waals surface area contributed by atoms with Crippen LogP contribution >= 0.6 is 0 Å². The minimum absolute atomic E-state index is 0.0436. The molecule has 1 aliphatic carbocycles. The second-order valence-electron chi connectivity index (χ2n) is 8.24. The van der Waals surface area contributed by atoms with Crippen LogP contribution in [-0.2, 0) is 7.05 Å². The molecule has 0 saturated heterocycles. The van der Waals surface area contributed by atoms with Gasteiger partial charge in [0, 0.05) is 31.1 Å². The van der Waals surface area contributed by atoms with E-state index >= 15 is 0 Å². The summed E-state index contributed by atoms with van der Waals surface area (Å²) < 4.78 is 31.0. The minimum atomic E-state index is -2.60. The molecular formula is C23H27F2N3O. The van der Waals surface area contributed by atoms with E-state index in [1.807, 2.05) is 48.0 Å². The van der Waals surface area contributed by atoms with E-state index < -0.39 is 5.92 Å². The summed E-state index contributed by atoms with van der Waals surface area (Å²) in [6, 6.07) is 13.8. The third-order valence-corrected chi connectivity index (χ3v) is 6.02. The van der Waals surface area contributed by atoms with Crippen molar-refractivity contribution in [2.75, 3.05) is 5.32 Å². The third-order valence-electron chi connectivity index (χ3n) is 6.02. The molecule has 0 aliphatic heterocycles. The number of hydrogen-bond acceptors (Lipinski definition) is 2. The van der Waals surface area contributed by atoms with Crippen LogP contribution in [0.2, 0.25) is 0 Å². The van der Waals surface area contributed by atoms with Gasteiger partial charge in [-0.1, -0.05) is 24.3 Å². The molecule has 1 fully saturated rings. The molecule has 0 spiro atoms. The molecule has 0 amide bonds. The molecule has 1 aromatic heterocycles. The van der Waals surface area contributed by atoms with Crippen LogP contribution in [0.25, 0.3) is 10.9 Å². The summed E-state index contributed by atoms with van der Waals surface area (Å²) in [7, 11) is 1.74. The van der Waals surface area contributed by atoms with Gasteiger partial charge in [-0.3, -0.25) is 14.2 Å². The summed E-state index contributed by atoms with van der Waals surface area (Å²) in [5.74, 6) is -2.60. The topological polar surface area (TPSA) is 39.0 Å². The first kappa shape index (κ1) is 19.7. The molecule has 0 radical (unpaired) electrons. The number of anilines is 1. The van der Waals surface area contributed by atoms with Gasteiger partial charge in [-0.2, -0.15) is 0 Å². The Balaban J connectivity index is 1.82. The summed E-state index contributed by atoms with van der Waals surface area (Å²) >= 11 is 0. The van der Waals surface area contributed by atoms with Crippen LogP contribution in [0.4, 0.5) is 14.5 Å². The summed E-state index contributed by atoms with van der Waals surface area (Å²) in [5.41, 5.74) is 3.80. The maximum atomic E-state index is 13.7. The van der Waals surface area contributed by atoms with Crippen LogP contribution in [0.5, 0.6) is 0 Å². The second kappa shape index (κ2) is 7.32. The molecular weight excluding hydrogens is 372 g/mol. The Hall–Kier alpha value is -2.63. The van der Waals surface area contributed by atoms with Gasteiger partial charge in [-0.15, -0.1) is 0 Å². The quantitative estimate of drug-likeness (QED) is 0.623. The Bertz CT molecular complexity index is 1070. The van der Waals surface area contributed by atoms with Crippen molar-refractivity contribution >= 4 is 16.6 Å². The largest absolute Gasteiger partial charge is 0.378 e. The molecule has 1 aliphatic rings. The second-order valence-corrected chi connectivity index (χ2v) is 8.24. The maximum Gasteiger partial charge on any atom is 0.274 e. The number of halogens is 2. The van der Waals surface area contributed by atoms with Gasteiger partial charge >= 0.3 is 0 Å². The highest BCUT2D eigenvalue weighted by atomic mass is 19.3. The molecule has 3 aromatic rings. The van der Waals surface area contributed by atoms with E-state index in [-0.39, 0.29) is 30.5 Å². The van der Waals surface area contributed by atoms with E-state index in [1.54, 1.807) is 11.7 Å². The zero-order chi connectivity index (χ0) is 20.8. The number of nitrogens with one attached hydrogen (secondary N) is 1. The Morgan fingerprint density at radius 2 is 1.79 bits per heavy atom. The van der Waals surface area contributed by atoms with Crippen LogP contribution in [0.1, 0.15) is 55.8 Å². The highest BCUT2D eigenvalue weighted by Gasteiger charge is 2.37. The SMILES string of the molecule is Cc1cc(C(C)Nc2ccccc2)c2c(c1)c(=O)n(C)n2C1CCC(F)(F)CC1. The zero-order valence-electron chi connectivity index (χ0n) is 17.1. The predicted molar refractivity (Wildman–Crippen MR) is 113 cm³/mol. The molecule has 6 heteroatoms. The number of aromatic nitrogens is 2. The van der Waals surface area contributed by atoms with Crippen molar-refractivity contribution in [1.82, 2.24) is 9.36 Å². The van der Waals surface area contributed by atoms with Crippen molar-refractivity contribution in [2.45, 2.75) is 57.5 Å². The summed E-state index contributed by atoms with van der Waals surface area (Å²) in [6.45, 7) is 4.05. The van der Waals surface area contributed by atoms with Gasteiger partial charge in [0.1, 0.15) is 0 Å². The number of fused-ring (bicyclic) bond motifs is 1. The van der Waals surface area contributed by atoms with Crippen molar-refractivity contribution in [1.29, 1.82) is 0 Å². The van der Waals surface area contributed by atoms with Crippen molar-refractivity contribution in [3.8, 4) is 0 Å². The van der Waals surface area contributed by atoms with Crippen LogP contribution in [0.15, 0.2) is 47.3 Å². The van der Waals surface area contributed by atoms with Gasteiger partial charge < -0.3 is 5.32 Å². The van der Waals surface area contributed by atoms with E-state index in [1.165, 1.54) is 0 Å². The average molecular weight is 399 g/mol. The number of nitrogens with zero attached hydrogens (tertiary/aromatic N) is 2. The van der Waals surface area contributed by atoms with Crippen molar-refractivity contribution in [3.63, 3.8) is 0 Å². The molecule has 1 heterocycles. The molecule has 1 atom stereocenters. The predicted octanol–water partition coefficient (Wildman–Crippen LogP) is 5.57. The van der Waals surface area contributed by atoms with Crippen molar-refractivity contribution in [2.24, 2.45) is 7.05 Å². The van der Waals surface area contributed by atoms with Gasteiger partial charge in [0.05, 0.1) is 23.0 Å². The number of para-hydroxylation sites is 1. The average Bonchev–Trinajstić information content (AvgIpc) is 2.93. The molecule has 4 nitrogen and oxygen atoms in total. The lowest BCUT2D eigenvalue weighted by Crippen LogP contribution is -2.30. The van der Waals surface area contributed by atoms with E-state index in [2.05, 4.69) is 18.3 Å². The lowest BCUT2D eigenvalue weighted by Gasteiger charge is -2.31. The lowest BCUT2D eigenvalue weighted by atomic mass is 9.92. The standard InChI is InChI=1S/C23H27F2N3O/c1-15-13-19(16(2)26-17-7-5-4-6-8-17)21-20(14-15)22(29)27(3)28(21)18-9-11-23(24,25)12-10-18/h4-8,13-14,16,18,26H,9-12H2,1-3H3. The van der Waals surface area contributed by atoms with E-state index in [9.17, 15) is 13.6 Å². The summed E-state index contributed by atoms with van der Waals surface area (Å²) in [6.07, 6.45) is 0.477. The van der Waals surface area contributed by atoms with Gasteiger partial charge in [0.25, 0.3) is 5.56 Å². The van der Waals surface area contributed by atoms with Gasteiger partial charge in [-0.05, 0) is 50.5 Å². The first-order chi connectivity index (χ1) is 13.8. The number of benzene rings is 2. The van der Waals surface area contributed by atoms with Crippen molar-refractivity contribution < 1.29 is 8.78 Å². The summed E-state index contributed by atoms with van der Waals surface area (Å²) in [5, 5.41) is 4.16. The van der Waals surface area contributed by atoms with Gasteiger partial charge in [0.2, 0.25) is 5.92 Å². The number of alkyl halides is 2. The third kappa shape index (κ3) is 3.68. The molecule has 1 N–H and O–H groups in total.